The maximum Gasteiger partial charge on any atom is 0.253 e. The average Bonchev–Trinajstić information content (AvgIpc) is 3.38. The Kier molecular flexibility index (Phi) is 4.09. The van der Waals surface area contributed by atoms with E-state index in [-0.39, 0.29) is 5.91 Å². The number of hydrogen-bond acceptors (Lipinski definition) is 4. The maximum atomic E-state index is 12.4. The highest BCUT2D eigenvalue weighted by Crippen LogP contribution is 2.25. The fraction of sp³-hybridized carbons (Fsp3) is 0.0870. The highest BCUT2D eigenvalue weighted by molar-refractivity contribution is 5.94. The molecule has 3 heterocycles. The van der Waals surface area contributed by atoms with Crippen LogP contribution in [0.1, 0.15) is 21.5 Å². The number of hydrogen-bond donors (Lipinski definition) is 1. The Morgan fingerprint density at radius 3 is 2.83 bits per heavy atom. The second-order valence-electron chi connectivity index (χ2n) is 6.98. The molecule has 0 atom stereocenters. The number of aryl methyl sites for hydroxylation is 1. The highest BCUT2D eigenvalue weighted by Gasteiger charge is 2.10. The van der Waals surface area contributed by atoms with Crippen LogP contribution in [0.5, 0.6) is 0 Å². The minimum atomic E-state index is -0.126. The van der Waals surface area contributed by atoms with Gasteiger partial charge in [0.15, 0.2) is 5.58 Å². The second kappa shape index (κ2) is 6.91. The fourth-order valence-corrected chi connectivity index (χ4v) is 3.26. The van der Waals surface area contributed by atoms with Gasteiger partial charge in [0.2, 0.25) is 5.89 Å². The largest absolute Gasteiger partial charge is 0.436 e. The predicted molar refractivity (Wildman–Crippen MR) is 111 cm³/mol. The zero-order valence-corrected chi connectivity index (χ0v) is 15.8. The van der Waals surface area contributed by atoms with Gasteiger partial charge in [-0.05, 0) is 54.4 Å². The third-order valence-electron chi connectivity index (χ3n) is 4.85. The van der Waals surface area contributed by atoms with Crippen LogP contribution in [-0.4, -0.2) is 20.3 Å². The van der Waals surface area contributed by atoms with E-state index in [9.17, 15) is 4.79 Å². The van der Waals surface area contributed by atoms with Gasteiger partial charge in [0.25, 0.3) is 5.91 Å². The first kappa shape index (κ1) is 17.2. The van der Waals surface area contributed by atoms with Crippen LogP contribution in [-0.2, 0) is 6.54 Å². The number of rotatable bonds is 4. The summed E-state index contributed by atoms with van der Waals surface area (Å²) in [6.45, 7) is 2.46. The Hall–Kier alpha value is -3.93. The van der Waals surface area contributed by atoms with Gasteiger partial charge in [-0.25, -0.2) is 9.97 Å². The lowest BCUT2D eigenvalue weighted by Gasteiger charge is -2.06. The van der Waals surface area contributed by atoms with Crippen LogP contribution in [0.2, 0.25) is 0 Å². The van der Waals surface area contributed by atoms with Gasteiger partial charge in [0.05, 0.1) is 5.56 Å². The van der Waals surface area contributed by atoms with Crippen molar-refractivity contribution in [2.45, 2.75) is 13.5 Å². The Morgan fingerprint density at radius 2 is 1.97 bits per heavy atom. The monoisotopic (exact) mass is 382 g/mol. The van der Waals surface area contributed by atoms with Gasteiger partial charge in [-0.2, -0.15) is 0 Å². The lowest BCUT2D eigenvalue weighted by molar-refractivity contribution is 0.0950. The number of nitrogens with one attached hydrogen (secondary N) is 1. The number of aromatic nitrogens is 3. The molecule has 142 valence electrons. The normalized spacial score (nSPS) is 11.2. The molecule has 0 unspecified atom stereocenters. The van der Waals surface area contributed by atoms with Crippen molar-refractivity contribution in [1.29, 1.82) is 0 Å². The second-order valence-corrected chi connectivity index (χ2v) is 6.98. The van der Waals surface area contributed by atoms with Crippen LogP contribution in [0.3, 0.4) is 0 Å². The van der Waals surface area contributed by atoms with Crippen molar-refractivity contribution in [3.8, 4) is 11.5 Å². The standard InChI is InChI=1S/C23H18N4O2/c1-15-2-8-19-20(12-15)29-23(26-19)17-5-3-16(4-6-17)13-25-22(28)18-7-9-21-24-10-11-27(21)14-18/h2-12,14H,13H2,1H3,(H,25,28). The van der Waals surface area contributed by atoms with Crippen LogP contribution in [0.4, 0.5) is 0 Å². The summed E-state index contributed by atoms with van der Waals surface area (Å²) < 4.78 is 7.70. The molecule has 1 amide bonds. The molecule has 0 saturated carbocycles. The molecule has 0 bridgehead atoms. The van der Waals surface area contributed by atoms with Crippen molar-refractivity contribution >= 4 is 22.7 Å². The summed E-state index contributed by atoms with van der Waals surface area (Å²) in [7, 11) is 0. The van der Waals surface area contributed by atoms with E-state index in [1.54, 1.807) is 18.5 Å². The van der Waals surface area contributed by atoms with E-state index in [0.717, 1.165) is 33.4 Å². The summed E-state index contributed by atoms with van der Waals surface area (Å²) in [6, 6.07) is 17.4. The molecule has 0 aliphatic carbocycles. The molecule has 3 aromatic heterocycles. The molecule has 2 aromatic carbocycles. The highest BCUT2D eigenvalue weighted by atomic mass is 16.3. The van der Waals surface area contributed by atoms with Gasteiger partial charge in [-0.1, -0.05) is 18.2 Å². The third-order valence-corrected chi connectivity index (χ3v) is 4.85. The maximum absolute atomic E-state index is 12.4. The van der Waals surface area contributed by atoms with Crippen molar-refractivity contribution in [1.82, 2.24) is 19.7 Å². The smallest absolute Gasteiger partial charge is 0.253 e. The first-order chi connectivity index (χ1) is 14.2. The number of fused-ring (bicyclic) bond motifs is 2. The summed E-state index contributed by atoms with van der Waals surface area (Å²) >= 11 is 0. The van der Waals surface area contributed by atoms with Gasteiger partial charge in [-0.15, -0.1) is 0 Å². The lowest BCUT2D eigenvalue weighted by atomic mass is 10.1. The van der Waals surface area contributed by atoms with Gasteiger partial charge < -0.3 is 14.1 Å². The first-order valence-corrected chi connectivity index (χ1v) is 9.33. The molecule has 0 fully saturated rings. The SMILES string of the molecule is Cc1ccc2nc(-c3ccc(CNC(=O)c4ccc5nccn5c4)cc3)oc2c1. The van der Waals surface area contributed by atoms with E-state index in [1.165, 1.54) is 0 Å². The fourth-order valence-electron chi connectivity index (χ4n) is 3.26. The lowest BCUT2D eigenvalue weighted by Crippen LogP contribution is -2.23. The van der Waals surface area contributed by atoms with Crippen molar-refractivity contribution in [2.24, 2.45) is 0 Å². The molecule has 0 spiro atoms. The molecule has 5 aromatic rings. The molecule has 29 heavy (non-hydrogen) atoms. The number of imidazole rings is 1. The predicted octanol–water partition coefficient (Wildman–Crippen LogP) is 4.38. The zero-order chi connectivity index (χ0) is 19.8. The van der Waals surface area contributed by atoms with E-state index in [4.69, 9.17) is 4.42 Å². The van der Waals surface area contributed by atoms with Gasteiger partial charge >= 0.3 is 0 Å². The van der Waals surface area contributed by atoms with Crippen LogP contribution in [0.25, 0.3) is 28.2 Å². The van der Waals surface area contributed by atoms with Gasteiger partial charge in [0.1, 0.15) is 11.2 Å². The topological polar surface area (TPSA) is 72.4 Å². The summed E-state index contributed by atoms with van der Waals surface area (Å²) in [5, 5.41) is 2.95. The molecule has 5 rings (SSSR count). The van der Waals surface area contributed by atoms with Crippen LogP contribution in [0.15, 0.2) is 77.6 Å². The molecule has 0 aliphatic heterocycles. The van der Waals surface area contributed by atoms with E-state index >= 15 is 0 Å². The van der Waals surface area contributed by atoms with Crippen LogP contribution in [0, 0.1) is 6.92 Å². The third kappa shape index (κ3) is 3.36. The Labute approximate surface area is 166 Å². The molecule has 0 saturated heterocycles. The van der Waals surface area contributed by atoms with Crippen molar-refractivity contribution < 1.29 is 9.21 Å². The number of amides is 1. The molecular formula is C23H18N4O2. The minimum absolute atomic E-state index is 0.126. The van der Waals surface area contributed by atoms with Crippen LogP contribution < -0.4 is 5.32 Å². The van der Waals surface area contributed by atoms with E-state index in [1.807, 2.05) is 66.1 Å². The van der Waals surface area contributed by atoms with Gasteiger partial charge in [-0.3, -0.25) is 4.79 Å². The van der Waals surface area contributed by atoms with Crippen LogP contribution >= 0.6 is 0 Å². The van der Waals surface area contributed by atoms with Crippen molar-refractivity contribution in [3.05, 3.63) is 89.9 Å². The number of benzene rings is 2. The van der Waals surface area contributed by atoms with E-state index in [2.05, 4.69) is 15.3 Å². The number of nitrogens with zero attached hydrogens (tertiary/aromatic N) is 3. The minimum Gasteiger partial charge on any atom is -0.436 e. The summed E-state index contributed by atoms with van der Waals surface area (Å²) in [5.74, 6) is 0.466. The summed E-state index contributed by atoms with van der Waals surface area (Å²) in [6.07, 6.45) is 5.30. The quantitative estimate of drug-likeness (QED) is 0.501. The molecular weight excluding hydrogens is 364 g/mol. The number of carbonyl (C=O) groups excluding carboxylic acids is 1. The number of pyridine rings is 1. The average molecular weight is 382 g/mol. The molecule has 1 N–H and O–H groups in total. The number of oxazole rings is 1. The Balaban J connectivity index is 1.29. The Morgan fingerprint density at radius 1 is 1.10 bits per heavy atom. The zero-order valence-electron chi connectivity index (χ0n) is 15.8. The van der Waals surface area contributed by atoms with E-state index < -0.39 is 0 Å². The van der Waals surface area contributed by atoms with E-state index in [0.29, 0.717) is 18.0 Å². The van der Waals surface area contributed by atoms with Crippen molar-refractivity contribution in [2.75, 3.05) is 0 Å². The number of carbonyl (C=O) groups is 1. The Bertz CT molecular complexity index is 1330. The first-order valence-electron chi connectivity index (χ1n) is 9.33. The summed E-state index contributed by atoms with van der Waals surface area (Å²) in [5.41, 5.74) is 6.07. The molecule has 0 aliphatic rings. The molecule has 6 nitrogen and oxygen atoms in total. The van der Waals surface area contributed by atoms with Crippen molar-refractivity contribution in [3.63, 3.8) is 0 Å². The molecule has 6 heteroatoms. The molecule has 0 radical (unpaired) electrons. The van der Waals surface area contributed by atoms with Gasteiger partial charge in [0, 0.05) is 30.7 Å². The summed E-state index contributed by atoms with van der Waals surface area (Å²) in [4.78, 5) is 21.2.